The Morgan fingerprint density at radius 3 is 2.71 bits per heavy atom. The van der Waals surface area contributed by atoms with E-state index in [0.29, 0.717) is 5.01 Å². The first-order valence-corrected chi connectivity index (χ1v) is 5.79. The zero-order chi connectivity index (χ0) is 10.6. The van der Waals surface area contributed by atoms with Crippen LogP contribution in [0.5, 0.6) is 0 Å². The van der Waals surface area contributed by atoms with Gasteiger partial charge in [0.2, 0.25) is 0 Å². The molecule has 6 heteroatoms. The maximum atomic E-state index is 12.1. The number of alkyl halides is 4. The zero-order valence-electron chi connectivity index (χ0n) is 7.01. The number of thiazole rings is 1. The van der Waals surface area contributed by atoms with Gasteiger partial charge in [-0.3, -0.25) is 0 Å². The van der Waals surface area contributed by atoms with Crippen LogP contribution in [0.1, 0.15) is 17.1 Å². The van der Waals surface area contributed by atoms with Crippen molar-refractivity contribution in [2.75, 3.05) is 5.33 Å². The molecule has 1 nitrogen and oxygen atoms in total. The summed E-state index contributed by atoms with van der Waals surface area (Å²) in [6.45, 7) is 0. The van der Waals surface area contributed by atoms with Crippen molar-refractivity contribution in [2.45, 2.75) is 12.6 Å². The maximum absolute atomic E-state index is 12.1. The van der Waals surface area contributed by atoms with Crippen LogP contribution in [-0.2, 0) is 6.18 Å². The minimum absolute atomic E-state index is 0.387. The Kier molecular flexibility index (Phi) is 4.12. The molecule has 0 fully saturated rings. The molecule has 0 spiro atoms. The van der Waals surface area contributed by atoms with Crippen molar-refractivity contribution in [3.63, 3.8) is 0 Å². The second kappa shape index (κ2) is 4.93. The molecular formula is C8H7BrF3NS. The van der Waals surface area contributed by atoms with Gasteiger partial charge < -0.3 is 0 Å². The van der Waals surface area contributed by atoms with Gasteiger partial charge in [-0.1, -0.05) is 22.0 Å². The minimum Gasteiger partial charge on any atom is -0.232 e. The normalized spacial score (nSPS) is 12.6. The molecule has 0 aromatic carbocycles. The van der Waals surface area contributed by atoms with E-state index in [1.807, 2.05) is 0 Å². The third kappa shape index (κ3) is 3.42. The molecule has 1 aromatic rings. The highest BCUT2D eigenvalue weighted by Gasteiger charge is 2.33. The van der Waals surface area contributed by atoms with E-state index in [1.165, 1.54) is 0 Å². The molecule has 0 saturated carbocycles. The van der Waals surface area contributed by atoms with Crippen molar-refractivity contribution in [1.29, 1.82) is 0 Å². The molecule has 14 heavy (non-hydrogen) atoms. The predicted molar refractivity (Wildman–Crippen MR) is 54.6 cm³/mol. The van der Waals surface area contributed by atoms with Gasteiger partial charge in [-0.05, 0) is 12.5 Å². The van der Waals surface area contributed by atoms with Crippen LogP contribution in [-0.4, -0.2) is 10.3 Å². The Morgan fingerprint density at radius 1 is 1.50 bits per heavy atom. The smallest absolute Gasteiger partial charge is 0.232 e. The number of hydrogen-bond donors (Lipinski definition) is 0. The van der Waals surface area contributed by atoms with Gasteiger partial charge in [-0.25, -0.2) is 4.98 Å². The Bertz CT molecular complexity index is 319. The van der Waals surface area contributed by atoms with Crippen LogP contribution in [0.2, 0.25) is 0 Å². The van der Waals surface area contributed by atoms with Crippen molar-refractivity contribution in [1.82, 2.24) is 4.98 Å². The molecule has 0 N–H and O–H groups in total. The molecule has 78 valence electrons. The lowest BCUT2D eigenvalue weighted by Gasteiger charge is -1.99. The maximum Gasteiger partial charge on any atom is 0.434 e. The Labute approximate surface area is 91.8 Å². The van der Waals surface area contributed by atoms with Crippen LogP contribution in [0.25, 0.3) is 6.08 Å². The molecule has 0 unspecified atom stereocenters. The van der Waals surface area contributed by atoms with E-state index in [4.69, 9.17) is 0 Å². The quantitative estimate of drug-likeness (QED) is 0.766. The molecule has 1 aromatic heterocycles. The van der Waals surface area contributed by atoms with Crippen LogP contribution < -0.4 is 0 Å². The lowest BCUT2D eigenvalue weighted by atomic mass is 10.4. The van der Waals surface area contributed by atoms with Gasteiger partial charge in [0.1, 0.15) is 5.01 Å². The summed E-state index contributed by atoms with van der Waals surface area (Å²) in [6.07, 6.45) is -0.173. The number of aromatic nitrogens is 1. The van der Waals surface area contributed by atoms with Crippen molar-refractivity contribution in [3.05, 3.63) is 22.2 Å². The molecule has 1 heterocycles. The fraction of sp³-hybridized carbons (Fsp3) is 0.375. The second-order valence-electron chi connectivity index (χ2n) is 2.45. The van der Waals surface area contributed by atoms with Crippen LogP contribution in [0.3, 0.4) is 0 Å². The largest absolute Gasteiger partial charge is 0.434 e. The molecule has 0 bridgehead atoms. The summed E-state index contributed by atoms with van der Waals surface area (Å²) in [5, 5.41) is 2.20. The topological polar surface area (TPSA) is 12.9 Å². The second-order valence-corrected chi connectivity index (χ2v) is 4.13. The van der Waals surface area contributed by atoms with E-state index in [-0.39, 0.29) is 0 Å². The van der Waals surface area contributed by atoms with Crippen molar-refractivity contribution in [3.8, 4) is 0 Å². The van der Waals surface area contributed by atoms with E-state index >= 15 is 0 Å². The molecule has 0 saturated heterocycles. The predicted octanol–water partition coefficient (Wildman–Crippen LogP) is 3.96. The van der Waals surface area contributed by atoms with Crippen molar-refractivity contribution >= 4 is 33.3 Å². The van der Waals surface area contributed by atoms with Gasteiger partial charge in [0, 0.05) is 10.7 Å². The summed E-state index contributed by atoms with van der Waals surface area (Å²) in [5.41, 5.74) is -0.819. The molecule has 0 atom stereocenters. The van der Waals surface area contributed by atoms with Gasteiger partial charge in [0.25, 0.3) is 0 Å². The summed E-state index contributed by atoms with van der Waals surface area (Å²) in [7, 11) is 0. The minimum atomic E-state index is -4.34. The van der Waals surface area contributed by atoms with Gasteiger partial charge in [0.05, 0.1) is 0 Å². The van der Waals surface area contributed by atoms with E-state index in [9.17, 15) is 13.2 Å². The average Bonchev–Trinajstić information content (AvgIpc) is 2.52. The molecular weight excluding hydrogens is 279 g/mol. The summed E-state index contributed by atoms with van der Waals surface area (Å²) in [6, 6.07) is 0. The van der Waals surface area contributed by atoms with Gasteiger partial charge in [0.15, 0.2) is 5.69 Å². The highest BCUT2D eigenvalue weighted by atomic mass is 79.9. The number of halogens is 4. The zero-order valence-corrected chi connectivity index (χ0v) is 9.42. The van der Waals surface area contributed by atoms with Crippen LogP contribution in [0.4, 0.5) is 13.2 Å². The average molecular weight is 286 g/mol. The Hall–Kier alpha value is -0.360. The van der Waals surface area contributed by atoms with E-state index < -0.39 is 11.9 Å². The first-order valence-electron chi connectivity index (χ1n) is 3.79. The molecule has 0 amide bonds. The summed E-state index contributed by atoms with van der Waals surface area (Å²) < 4.78 is 36.3. The molecule has 0 aliphatic heterocycles. The summed E-state index contributed by atoms with van der Waals surface area (Å²) in [5.74, 6) is 0. The van der Waals surface area contributed by atoms with Crippen molar-refractivity contribution in [2.24, 2.45) is 0 Å². The molecule has 0 radical (unpaired) electrons. The van der Waals surface area contributed by atoms with Gasteiger partial charge >= 0.3 is 6.18 Å². The third-order valence-electron chi connectivity index (χ3n) is 1.35. The van der Waals surface area contributed by atoms with Crippen molar-refractivity contribution < 1.29 is 13.2 Å². The highest BCUT2D eigenvalue weighted by molar-refractivity contribution is 9.09. The van der Waals surface area contributed by atoms with E-state index in [2.05, 4.69) is 20.9 Å². The van der Waals surface area contributed by atoms with Crippen LogP contribution >= 0.6 is 27.3 Å². The summed E-state index contributed by atoms with van der Waals surface area (Å²) in [4.78, 5) is 3.44. The van der Waals surface area contributed by atoms with Crippen LogP contribution in [0.15, 0.2) is 11.5 Å². The number of rotatable bonds is 3. The lowest BCUT2D eigenvalue weighted by Crippen LogP contribution is -2.04. The highest BCUT2D eigenvalue weighted by Crippen LogP contribution is 2.30. The Morgan fingerprint density at radius 2 is 2.21 bits per heavy atom. The van der Waals surface area contributed by atoms with Crippen LogP contribution in [0, 0.1) is 0 Å². The fourth-order valence-electron chi connectivity index (χ4n) is 0.742. The van der Waals surface area contributed by atoms with Gasteiger partial charge in [-0.2, -0.15) is 13.2 Å². The SMILES string of the molecule is FC(F)(F)c1csc(C=CCCBr)n1. The standard InChI is InChI=1S/C8H7BrF3NS/c9-4-2-1-3-7-13-6(5-14-7)8(10,11)12/h1,3,5H,2,4H2. The molecule has 0 aliphatic carbocycles. The molecule has 1 rings (SSSR count). The molecule has 0 aliphatic rings. The monoisotopic (exact) mass is 285 g/mol. The van der Waals surface area contributed by atoms with E-state index in [0.717, 1.165) is 28.5 Å². The number of nitrogens with zero attached hydrogens (tertiary/aromatic N) is 1. The lowest BCUT2D eigenvalue weighted by molar-refractivity contribution is -0.140. The third-order valence-corrected chi connectivity index (χ3v) is 2.62. The Balaban J connectivity index is 2.69. The van der Waals surface area contributed by atoms with E-state index in [1.54, 1.807) is 12.2 Å². The van der Waals surface area contributed by atoms with Gasteiger partial charge in [-0.15, -0.1) is 11.3 Å². The fourth-order valence-corrected chi connectivity index (χ4v) is 1.75. The first-order chi connectivity index (χ1) is 6.54. The summed E-state index contributed by atoms with van der Waals surface area (Å²) >= 11 is 4.21. The first kappa shape index (κ1) is 11.7. The number of allylic oxidation sites excluding steroid dienone is 1. The number of hydrogen-bond acceptors (Lipinski definition) is 2.